The van der Waals surface area contributed by atoms with Crippen LogP contribution in [0.3, 0.4) is 0 Å². The average molecular weight is 603 g/mol. The van der Waals surface area contributed by atoms with E-state index in [1.807, 2.05) is 45.0 Å². The molecule has 0 saturated carbocycles. The van der Waals surface area contributed by atoms with Crippen LogP contribution in [0.15, 0.2) is 84.0 Å². The summed E-state index contributed by atoms with van der Waals surface area (Å²) in [6, 6.07) is 23.3. The van der Waals surface area contributed by atoms with Gasteiger partial charge in [0.2, 0.25) is 10.0 Å². The first-order chi connectivity index (χ1) is 20.8. The van der Waals surface area contributed by atoms with Crippen LogP contribution in [0.5, 0.6) is 0 Å². The average Bonchev–Trinajstić information content (AvgIpc) is 3.64. The predicted molar refractivity (Wildman–Crippen MR) is 164 cm³/mol. The number of ether oxygens (including phenoxy) is 1. The van der Waals surface area contributed by atoms with Gasteiger partial charge in [-0.15, -0.1) is 5.10 Å². The number of aromatic nitrogens is 4. The number of rotatable bonds is 13. The molecule has 3 aromatic carbocycles. The van der Waals surface area contributed by atoms with E-state index in [1.54, 1.807) is 24.3 Å². The normalized spacial score (nSPS) is 13.6. The fourth-order valence-electron chi connectivity index (χ4n) is 5.59. The van der Waals surface area contributed by atoms with E-state index in [1.165, 1.54) is 26.4 Å². The number of nitrogens with zero attached hydrogens (tertiary/aromatic N) is 5. The van der Waals surface area contributed by atoms with Gasteiger partial charge in [-0.25, -0.2) is 17.9 Å². The number of carbonyl (C=O) groups is 1. The van der Waals surface area contributed by atoms with Crippen molar-refractivity contribution in [2.75, 3.05) is 19.7 Å². The maximum absolute atomic E-state index is 13.8. The number of carbonyl (C=O) groups excluding carboxylic acids is 1. The third-order valence-electron chi connectivity index (χ3n) is 7.68. The number of hydrogen-bond acceptors (Lipinski definition) is 7. The summed E-state index contributed by atoms with van der Waals surface area (Å²) >= 11 is 0. The molecule has 1 atom stereocenters. The van der Waals surface area contributed by atoms with Crippen molar-refractivity contribution in [3.8, 4) is 11.1 Å². The molecule has 1 aliphatic rings. The minimum atomic E-state index is -3.83. The Hall–Kier alpha value is -4.09. The number of fused-ring (bicyclic) bond motifs is 3. The molecule has 11 heteroatoms. The van der Waals surface area contributed by atoms with Crippen molar-refractivity contribution < 1.29 is 17.9 Å². The van der Waals surface area contributed by atoms with Gasteiger partial charge in [0.1, 0.15) is 19.1 Å². The molecule has 43 heavy (non-hydrogen) atoms. The molecule has 0 radical (unpaired) electrons. The van der Waals surface area contributed by atoms with Crippen molar-refractivity contribution in [1.82, 2.24) is 29.8 Å². The van der Waals surface area contributed by atoms with Gasteiger partial charge in [-0.3, -0.25) is 0 Å². The Balaban J connectivity index is 1.18. The molecule has 5 rings (SSSR count). The van der Waals surface area contributed by atoms with E-state index in [0.29, 0.717) is 32.4 Å². The summed E-state index contributed by atoms with van der Waals surface area (Å²) in [4.78, 5) is 12.8. The molecule has 10 nitrogen and oxygen atoms in total. The van der Waals surface area contributed by atoms with Crippen LogP contribution < -0.4 is 5.32 Å². The zero-order chi connectivity index (χ0) is 30.4. The van der Waals surface area contributed by atoms with Crippen molar-refractivity contribution in [3.63, 3.8) is 0 Å². The van der Waals surface area contributed by atoms with E-state index in [0.717, 1.165) is 16.7 Å². The number of benzene rings is 3. The molecule has 0 saturated heterocycles. The Morgan fingerprint density at radius 3 is 2.23 bits per heavy atom. The fourth-order valence-corrected chi connectivity index (χ4v) is 7.36. The molecular formula is C32H38N6O4S. The zero-order valence-electron chi connectivity index (χ0n) is 24.8. The summed E-state index contributed by atoms with van der Waals surface area (Å²) in [6.45, 7) is 6.83. The van der Waals surface area contributed by atoms with Crippen LogP contribution in [0.25, 0.3) is 11.1 Å². The Morgan fingerprint density at radius 2 is 1.63 bits per heavy atom. The van der Waals surface area contributed by atoms with E-state index in [-0.39, 0.29) is 23.3 Å². The number of unbranched alkanes of at least 4 members (excludes halogenated alkanes) is 1. The lowest BCUT2D eigenvalue weighted by molar-refractivity contribution is 0.142. The molecule has 0 aliphatic heterocycles. The Bertz CT molecular complexity index is 1580. The molecule has 0 fully saturated rings. The molecule has 1 heterocycles. The minimum absolute atomic E-state index is 0.00221. The standard InChI is InChI=1S/C32H38N6O4S/c1-23(2)20-38(43(40,41)25-17-15-24(3)16-18-25)31(37-22-34-35-36-37)14-8-9-19-33-32(39)42-21-30-28-12-6-4-10-26(28)27-11-5-7-13-29(27)30/h4-7,10-13,15-18,22-23,30-31H,8-9,14,19-21H2,1-3H3,(H,33,39)/t31-/m0/s1. The molecular weight excluding hydrogens is 564 g/mol. The van der Waals surface area contributed by atoms with Gasteiger partial charge in [-0.1, -0.05) is 80.1 Å². The summed E-state index contributed by atoms with van der Waals surface area (Å²) in [6.07, 6.45) is 2.09. The zero-order valence-corrected chi connectivity index (χ0v) is 25.6. The number of nitrogens with one attached hydrogen (secondary N) is 1. The summed E-state index contributed by atoms with van der Waals surface area (Å²) in [5.41, 5.74) is 5.67. The van der Waals surface area contributed by atoms with Gasteiger partial charge < -0.3 is 10.1 Å². The van der Waals surface area contributed by atoms with Gasteiger partial charge in [-0.05, 0) is 76.9 Å². The van der Waals surface area contributed by atoms with Gasteiger partial charge in [0.05, 0.1) is 4.90 Å². The highest BCUT2D eigenvalue weighted by Gasteiger charge is 2.34. The van der Waals surface area contributed by atoms with Gasteiger partial charge in [0, 0.05) is 19.0 Å². The minimum Gasteiger partial charge on any atom is -0.449 e. The lowest BCUT2D eigenvalue weighted by Gasteiger charge is -2.31. The van der Waals surface area contributed by atoms with Crippen LogP contribution in [0.4, 0.5) is 4.79 Å². The molecule has 4 aromatic rings. The second kappa shape index (κ2) is 13.5. The fraction of sp³-hybridized carbons (Fsp3) is 0.375. The van der Waals surface area contributed by atoms with Crippen LogP contribution in [0.1, 0.15) is 61.9 Å². The lowest BCUT2D eigenvalue weighted by atomic mass is 9.98. The molecule has 1 aliphatic carbocycles. The van der Waals surface area contributed by atoms with Crippen molar-refractivity contribution in [3.05, 3.63) is 95.8 Å². The maximum atomic E-state index is 13.8. The largest absolute Gasteiger partial charge is 0.449 e. The number of alkyl carbamates (subject to hydrolysis) is 1. The highest BCUT2D eigenvalue weighted by molar-refractivity contribution is 7.89. The Morgan fingerprint density at radius 1 is 0.977 bits per heavy atom. The number of aryl methyl sites for hydroxylation is 1. The first-order valence-electron chi connectivity index (χ1n) is 14.7. The maximum Gasteiger partial charge on any atom is 0.407 e. The van der Waals surface area contributed by atoms with E-state index < -0.39 is 22.3 Å². The monoisotopic (exact) mass is 602 g/mol. The Kier molecular flexibility index (Phi) is 9.52. The number of hydrogen-bond donors (Lipinski definition) is 1. The highest BCUT2D eigenvalue weighted by atomic mass is 32.2. The summed E-state index contributed by atoms with van der Waals surface area (Å²) in [5, 5.41) is 14.4. The van der Waals surface area contributed by atoms with Crippen molar-refractivity contribution in [1.29, 1.82) is 0 Å². The Labute approximate surface area is 253 Å². The third kappa shape index (κ3) is 6.94. The molecule has 1 aromatic heterocycles. The summed E-state index contributed by atoms with van der Waals surface area (Å²) in [5.74, 6) is 0.0760. The molecule has 0 bridgehead atoms. The molecule has 1 N–H and O–H groups in total. The van der Waals surface area contributed by atoms with Gasteiger partial charge >= 0.3 is 6.09 Å². The van der Waals surface area contributed by atoms with Crippen LogP contribution in [0, 0.1) is 12.8 Å². The molecule has 0 unspecified atom stereocenters. The van der Waals surface area contributed by atoms with Gasteiger partial charge in [0.25, 0.3) is 0 Å². The van der Waals surface area contributed by atoms with E-state index >= 15 is 0 Å². The van der Waals surface area contributed by atoms with Gasteiger partial charge in [0.15, 0.2) is 0 Å². The van der Waals surface area contributed by atoms with Crippen molar-refractivity contribution in [2.45, 2.75) is 57.0 Å². The molecule has 1 amide bonds. The van der Waals surface area contributed by atoms with E-state index in [2.05, 4.69) is 45.1 Å². The first-order valence-corrected chi connectivity index (χ1v) is 16.1. The number of sulfonamides is 1. The summed E-state index contributed by atoms with van der Waals surface area (Å²) < 4.78 is 36.2. The van der Waals surface area contributed by atoms with Crippen molar-refractivity contribution >= 4 is 16.1 Å². The SMILES string of the molecule is Cc1ccc(S(=O)(=O)N(CC(C)C)[C@@H](CCCCNC(=O)OCC2c3ccccc3-c3ccccc32)n2cnnn2)cc1. The van der Waals surface area contributed by atoms with Gasteiger partial charge in [-0.2, -0.15) is 4.31 Å². The van der Waals surface area contributed by atoms with E-state index in [9.17, 15) is 13.2 Å². The van der Waals surface area contributed by atoms with Crippen LogP contribution in [-0.4, -0.2) is 58.7 Å². The summed E-state index contributed by atoms with van der Waals surface area (Å²) in [7, 11) is -3.83. The topological polar surface area (TPSA) is 119 Å². The number of tetrazole rings is 1. The first kappa shape index (κ1) is 30.4. The predicted octanol–water partition coefficient (Wildman–Crippen LogP) is 5.54. The second-order valence-electron chi connectivity index (χ2n) is 11.3. The number of amides is 1. The quantitative estimate of drug-likeness (QED) is 0.200. The molecule has 0 spiro atoms. The second-order valence-corrected chi connectivity index (χ2v) is 13.2. The smallest absolute Gasteiger partial charge is 0.407 e. The third-order valence-corrected chi connectivity index (χ3v) is 9.56. The van der Waals surface area contributed by atoms with E-state index in [4.69, 9.17) is 4.74 Å². The molecule has 226 valence electrons. The van der Waals surface area contributed by atoms with Crippen molar-refractivity contribution in [2.24, 2.45) is 5.92 Å². The van der Waals surface area contributed by atoms with Crippen LogP contribution in [-0.2, 0) is 14.8 Å². The highest BCUT2D eigenvalue weighted by Crippen LogP contribution is 2.44. The van der Waals surface area contributed by atoms with Crippen LogP contribution in [0.2, 0.25) is 0 Å². The lowest BCUT2D eigenvalue weighted by Crippen LogP contribution is -2.40. The van der Waals surface area contributed by atoms with Crippen LogP contribution >= 0.6 is 0 Å².